The zero-order valence-electron chi connectivity index (χ0n) is 16.6. The summed E-state index contributed by atoms with van der Waals surface area (Å²) in [6, 6.07) is 21.4. The molecule has 0 fully saturated rings. The van der Waals surface area contributed by atoms with Crippen LogP contribution in [0.4, 0.5) is 5.69 Å². The molecule has 0 unspecified atom stereocenters. The van der Waals surface area contributed by atoms with Gasteiger partial charge in [0.15, 0.2) is 5.78 Å². The first-order valence-corrected chi connectivity index (χ1v) is 9.66. The average molecular weight is 385 g/mol. The summed E-state index contributed by atoms with van der Waals surface area (Å²) < 4.78 is 5.94. The van der Waals surface area contributed by atoms with E-state index < -0.39 is 0 Å². The van der Waals surface area contributed by atoms with E-state index in [1.807, 2.05) is 68.4 Å². The van der Waals surface area contributed by atoms with Gasteiger partial charge in [-0.2, -0.15) is 0 Å². The summed E-state index contributed by atoms with van der Waals surface area (Å²) in [5.74, 6) is 1.52. The second-order valence-corrected chi connectivity index (χ2v) is 8.16. The number of rotatable bonds is 4. The number of aliphatic hydroxyl groups excluding tert-OH is 1. The van der Waals surface area contributed by atoms with E-state index in [0.717, 1.165) is 11.1 Å². The first kappa shape index (κ1) is 18.9. The number of allylic oxidation sites excluding steroid dienone is 2. The fourth-order valence-corrected chi connectivity index (χ4v) is 3.55. The van der Waals surface area contributed by atoms with Crippen LogP contribution < -0.4 is 4.74 Å². The molecule has 0 aromatic heterocycles. The second-order valence-electron chi connectivity index (χ2n) is 8.16. The van der Waals surface area contributed by atoms with Gasteiger partial charge in [0.1, 0.15) is 17.3 Å². The van der Waals surface area contributed by atoms with Gasteiger partial charge < -0.3 is 9.84 Å². The molecule has 0 amide bonds. The van der Waals surface area contributed by atoms with Crippen molar-refractivity contribution < 1.29 is 14.6 Å². The molecule has 4 heteroatoms. The van der Waals surface area contributed by atoms with Crippen LogP contribution in [0.15, 0.2) is 83.1 Å². The summed E-state index contributed by atoms with van der Waals surface area (Å²) in [5.41, 5.74) is 0.787. The van der Waals surface area contributed by atoms with Crippen LogP contribution in [0.5, 0.6) is 11.5 Å². The average Bonchev–Trinajstić information content (AvgIpc) is 2.67. The highest BCUT2D eigenvalue weighted by Crippen LogP contribution is 2.35. The number of ether oxygens (including phenoxy) is 1. The number of fused-ring (bicyclic) bond motifs is 1. The lowest BCUT2D eigenvalue weighted by molar-refractivity contribution is -0.117. The first-order chi connectivity index (χ1) is 13.9. The Morgan fingerprint density at radius 2 is 1.62 bits per heavy atom. The van der Waals surface area contributed by atoms with Crippen molar-refractivity contribution in [3.8, 4) is 11.5 Å². The van der Waals surface area contributed by atoms with Crippen molar-refractivity contribution in [2.24, 2.45) is 10.4 Å². The van der Waals surface area contributed by atoms with E-state index in [-0.39, 0.29) is 17.0 Å². The smallest absolute Gasteiger partial charge is 0.168 e. The van der Waals surface area contributed by atoms with Gasteiger partial charge in [-0.15, -0.1) is 0 Å². The predicted octanol–water partition coefficient (Wildman–Crippen LogP) is 6.54. The zero-order valence-corrected chi connectivity index (χ0v) is 16.6. The van der Waals surface area contributed by atoms with Gasteiger partial charge in [-0.25, -0.2) is 0 Å². The van der Waals surface area contributed by atoms with Gasteiger partial charge >= 0.3 is 0 Å². The van der Waals surface area contributed by atoms with Crippen molar-refractivity contribution >= 4 is 28.5 Å². The third kappa shape index (κ3) is 4.37. The first-order valence-electron chi connectivity index (χ1n) is 9.66. The van der Waals surface area contributed by atoms with Crippen LogP contribution in [0.1, 0.15) is 26.7 Å². The number of carbonyl (C=O) groups excluding carboxylic acids is 1. The van der Waals surface area contributed by atoms with Crippen LogP contribution in [0, 0.1) is 5.41 Å². The molecule has 0 spiro atoms. The maximum Gasteiger partial charge on any atom is 0.168 e. The molecule has 3 aromatic rings. The fraction of sp³-hybridized carbons (Fsp3) is 0.200. The second kappa shape index (κ2) is 7.55. The van der Waals surface area contributed by atoms with Crippen LogP contribution in [0.25, 0.3) is 10.8 Å². The molecule has 0 bridgehead atoms. The van der Waals surface area contributed by atoms with Crippen LogP contribution in [-0.2, 0) is 4.79 Å². The van der Waals surface area contributed by atoms with Crippen LogP contribution in [0.3, 0.4) is 0 Å². The summed E-state index contributed by atoms with van der Waals surface area (Å²) in [4.78, 5) is 16.6. The van der Waals surface area contributed by atoms with Crippen molar-refractivity contribution in [1.29, 1.82) is 0 Å². The molecule has 0 radical (unpaired) electrons. The summed E-state index contributed by atoms with van der Waals surface area (Å²) >= 11 is 0. The molecule has 4 nitrogen and oxygen atoms in total. The van der Waals surface area contributed by atoms with E-state index >= 15 is 0 Å². The van der Waals surface area contributed by atoms with E-state index in [1.165, 1.54) is 11.6 Å². The minimum Gasteiger partial charge on any atom is -0.511 e. The number of nitrogens with zero attached hydrogens (tertiary/aromatic N) is 1. The number of hydrogen-bond donors (Lipinski definition) is 1. The molecule has 0 atom stereocenters. The molecular formula is C25H23NO3. The highest BCUT2D eigenvalue weighted by molar-refractivity contribution is 6.14. The van der Waals surface area contributed by atoms with Crippen molar-refractivity contribution in [2.45, 2.75) is 26.7 Å². The predicted molar refractivity (Wildman–Crippen MR) is 116 cm³/mol. The number of carbonyl (C=O) groups is 1. The molecule has 1 aliphatic carbocycles. The quantitative estimate of drug-likeness (QED) is 0.519. The molecule has 0 saturated heterocycles. The minimum atomic E-state index is -0.208. The Morgan fingerprint density at radius 3 is 2.34 bits per heavy atom. The molecule has 3 aromatic carbocycles. The molecule has 0 heterocycles. The maximum absolute atomic E-state index is 12.3. The molecule has 29 heavy (non-hydrogen) atoms. The Hall–Kier alpha value is -3.40. The fourth-order valence-electron chi connectivity index (χ4n) is 3.55. The van der Waals surface area contributed by atoms with Gasteiger partial charge in [0.05, 0.1) is 11.3 Å². The Balaban J connectivity index is 1.47. The largest absolute Gasteiger partial charge is 0.511 e. The maximum atomic E-state index is 12.3. The van der Waals surface area contributed by atoms with Gasteiger partial charge in [0, 0.05) is 19.1 Å². The van der Waals surface area contributed by atoms with E-state index in [4.69, 9.17) is 4.74 Å². The molecular weight excluding hydrogens is 362 g/mol. The lowest BCUT2D eigenvalue weighted by atomic mass is 9.77. The minimum absolute atomic E-state index is 0.0706. The normalized spacial score (nSPS) is 16.6. The van der Waals surface area contributed by atoms with Crippen molar-refractivity contribution in [2.75, 3.05) is 0 Å². The summed E-state index contributed by atoms with van der Waals surface area (Å²) in [6.07, 6.45) is 2.36. The highest BCUT2D eigenvalue weighted by Gasteiger charge is 2.32. The van der Waals surface area contributed by atoms with Crippen LogP contribution in [-0.4, -0.2) is 17.1 Å². The van der Waals surface area contributed by atoms with Crippen molar-refractivity contribution in [3.63, 3.8) is 0 Å². The number of benzene rings is 3. The SMILES string of the molecule is CC1(C)CC(=O)C(C=Nc2ccc(Oc3ccc4ccccc4c3)cc2)=C(O)C1. The van der Waals surface area contributed by atoms with Crippen LogP contribution in [0.2, 0.25) is 0 Å². The van der Waals surface area contributed by atoms with E-state index in [1.54, 1.807) is 0 Å². The van der Waals surface area contributed by atoms with Crippen molar-refractivity contribution in [1.82, 2.24) is 0 Å². The molecule has 4 rings (SSSR count). The lowest BCUT2D eigenvalue weighted by Crippen LogP contribution is -2.26. The number of hydrogen-bond acceptors (Lipinski definition) is 4. The Labute approximate surface area is 170 Å². The number of aliphatic hydroxyl groups is 1. The van der Waals surface area contributed by atoms with Gasteiger partial charge in [-0.1, -0.05) is 44.2 Å². The molecule has 0 aliphatic heterocycles. The van der Waals surface area contributed by atoms with Gasteiger partial charge in [0.25, 0.3) is 0 Å². The van der Waals surface area contributed by atoms with Gasteiger partial charge in [-0.3, -0.25) is 9.79 Å². The lowest BCUT2D eigenvalue weighted by Gasteiger charge is -2.28. The summed E-state index contributed by atoms with van der Waals surface area (Å²) in [7, 11) is 0. The van der Waals surface area contributed by atoms with E-state index in [2.05, 4.69) is 17.1 Å². The number of ketones is 1. The standard InChI is InChI=1S/C25H23NO3/c1-25(2)14-23(27)22(24(28)15-25)16-26-19-8-11-20(12-9-19)29-21-10-7-17-5-3-4-6-18(17)13-21/h3-13,16,27H,14-15H2,1-2H3. The molecule has 1 N–H and O–H groups in total. The van der Waals surface area contributed by atoms with E-state index in [9.17, 15) is 9.90 Å². The highest BCUT2D eigenvalue weighted by atomic mass is 16.5. The van der Waals surface area contributed by atoms with Gasteiger partial charge in [-0.05, 0) is 52.6 Å². The Morgan fingerprint density at radius 1 is 0.931 bits per heavy atom. The third-order valence-corrected chi connectivity index (χ3v) is 5.03. The van der Waals surface area contributed by atoms with Gasteiger partial charge in [0.2, 0.25) is 0 Å². The Kier molecular flexibility index (Phi) is 4.93. The summed E-state index contributed by atoms with van der Waals surface area (Å²) in [5, 5.41) is 12.5. The molecule has 146 valence electrons. The molecule has 0 saturated carbocycles. The monoisotopic (exact) mass is 385 g/mol. The van der Waals surface area contributed by atoms with Crippen molar-refractivity contribution in [3.05, 3.63) is 78.1 Å². The number of aliphatic imine (C=N–C) groups is 1. The van der Waals surface area contributed by atoms with E-state index in [0.29, 0.717) is 29.9 Å². The van der Waals surface area contributed by atoms with Crippen LogP contribution >= 0.6 is 0 Å². The topological polar surface area (TPSA) is 58.9 Å². The number of Topliss-reactive ketones (excluding diaryl/α,β-unsaturated/α-hetero) is 1. The summed E-state index contributed by atoms with van der Waals surface area (Å²) in [6.45, 7) is 3.95. The third-order valence-electron chi connectivity index (χ3n) is 5.03. The molecule has 1 aliphatic rings. The zero-order chi connectivity index (χ0) is 20.4. The Bertz CT molecular complexity index is 1120.